The number of rotatable bonds is 10. The van der Waals surface area contributed by atoms with Gasteiger partial charge in [-0.15, -0.1) is 0 Å². The van der Waals surface area contributed by atoms with Gasteiger partial charge < -0.3 is 21.3 Å². The molecule has 3 amide bonds. The van der Waals surface area contributed by atoms with E-state index in [-0.39, 0.29) is 30.3 Å². The zero-order valence-electron chi connectivity index (χ0n) is 19.4. The molecule has 0 aromatic heterocycles. The smallest absolute Gasteiger partial charge is 0.251 e. The van der Waals surface area contributed by atoms with Gasteiger partial charge in [-0.3, -0.25) is 14.4 Å². The molecule has 0 saturated heterocycles. The highest BCUT2D eigenvalue weighted by atomic mass is 16.2. The number of amides is 3. The van der Waals surface area contributed by atoms with Gasteiger partial charge in [0.15, 0.2) is 0 Å². The zero-order chi connectivity index (χ0) is 24.3. The summed E-state index contributed by atoms with van der Waals surface area (Å²) in [5.41, 5.74) is 3.63. The van der Waals surface area contributed by atoms with Crippen LogP contribution in [0.15, 0.2) is 78.9 Å². The minimum atomic E-state index is -0.225. The first-order valence-electron chi connectivity index (χ1n) is 11.3. The van der Waals surface area contributed by atoms with Crippen LogP contribution in [0, 0.1) is 0 Å². The van der Waals surface area contributed by atoms with Crippen LogP contribution in [0.3, 0.4) is 0 Å². The van der Waals surface area contributed by atoms with Crippen LogP contribution in [0.1, 0.15) is 36.2 Å². The van der Waals surface area contributed by atoms with Crippen molar-refractivity contribution < 1.29 is 14.4 Å². The van der Waals surface area contributed by atoms with Crippen LogP contribution in [-0.2, 0) is 16.0 Å². The molecule has 7 heteroatoms. The molecule has 0 aliphatic carbocycles. The second kappa shape index (κ2) is 12.2. The van der Waals surface area contributed by atoms with Crippen LogP contribution in [0.2, 0.25) is 0 Å². The van der Waals surface area contributed by atoms with E-state index < -0.39 is 0 Å². The van der Waals surface area contributed by atoms with Crippen molar-refractivity contribution in [2.45, 2.75) is 32.7 Å². The fourth-order valence-electron chi connectivity index (χ4n) is 3.27. The molecule has 0 heterocycles. The molecule has 0 spiro atoms. The van der Waals surface area contributed by atoms with Gasteiger partial charge in [-0.25, -0.2) is 0 Å². The number of nitrogens with one attached hydrogen (secondary N) is 4. The summed E-state index contributed by atoms with van der Waals surface area (Å²) < 4.78 is 0. The zero-order valence-corrected chi connectivity index (χ0v) is 19.4. The molecule has 0 aliphatic rings. The fourth-order valence-corrected chi connectivity index (χ4v) is 3.27. The van der Waals surface area contributed by atoms with Crippen LogP contribution in [0.25, 0.3) is 0 Å². The Morgan fingerprint density at radius 2 is 1.38 bits per heavy atom. The van der Waals surface area contributed by atoms with Gasteiger partial charge in [0.05, 0.1) is 6.54 Å². The van der Waals surface area contributed by atoms with Gasteiger partial charge in [0.25, 0.3) is 5.91 Å². The van der Waals surface area contributed by atoms with E-state index in [1.165, 1.54) is 0 Å². The van der Waals surface area contributed by atoms with Crippen molar-refractivity contribution in [3.63, 3.8) is 0 Å². The number of anilines is 3. The molecular weight excluding hydrogens is 428 g/mol. The van der Waals surface area contributed by atoms with Crippen LogP contribution in [0.4, 0.5) is 17.1 Å². The summed E-state index contributed by atoms with van der Waals surface area (Å²) in [5, 5.41) is 11.5. The molecule has 3 aromatic rings. The van der Waals surface area contributed by atoms with Crippen LogP contribution < -0.4 is 21.3 Å². The fraction of sp³-hybridized carbons (Fsp3) is 0.222. The molecule has 34 heavy (non-hydrogen) atoms. The molecule has 7 nitrogen and oxygen atoms in total. The van der Waals surface area contributed by atoms with Gasteiger partial charge in [0, 0.05) is 35.1 Å². The lowest BCUT2D eigenvalue weighted by molar-refractivity contribution is -0.116. The van der Waals surface area contributed by atoms with E-state index in [0.29, 0.717) is 35.5 Å². The van der Waals surface area contributed by atoms with Gasteiger partial charge >= 0.3 is 0 Å². The van der Waals surface area contributed by atoms with Crippen molar-refractivity contribution in [2.75, 3.05) is 22.5 Å². The van der Waals surface area contributed by atoms with Crippen LogP contribution in [-0.4, -0.2) is 30.3 Å². The maximum atomic E-state index is 12.3. The maximum absolute atomic E-state index is 12.3. The first-order chi connectivity index (χ1) is 16.4. The van der Waals surface area contributed by atoms with Crippen molar-refractivity contribution in [1.29, 1.82) is 0 Å². The van der Waals surface area contributed by atoms with E-state index in [9.17, 15) is 14.4 Å². The number of carbonyl (C=O) groups excluding carboxylic acids is 3. The number of benzene rings is 3. The molecule has 4 N–H and O–H groups in total. The summed E-state index contributed by atoms with van der Waals surface area (Å²) in [6.45, 7) is 3.85. The Hall–Kier alpha value is -4.13. The SMILES string of the molecule is CC(C)NC(=O)c1cccc(NCC(=O)Nc2ccc(NC(=O)CCc3ccccc3)cc2)c1. The predicted octanol–water partition coefficient (Wildman–Crippen LogP) is 4.45. The average Bonchev–Trinajstić information content (AvgIpc) is 2.83. The van der Waals surface area contributed by atoms with Gasteiger partial charge in [-0.05, 0) is 68.3 Å². The highest BCUT2D eigenvalue weighted by Gasteiger charge is 2.09. The Morgan fingerprint density at radius 1 is 0.735 bits per heavy atom. The normalized spacial score (nSPS) is 10.4. The molecule has 3 aromatic carbocycles. The van der Waals surface area contributed by atoms with Crippen LogP contribution in [0.5, 0.6) is 0 Å². The second-order valence-corrected chi connectivity index (χ2v) is 8.22. The summed E-state index contributed by atoms with van der Waals surface area (Å²) >= 11 is 0. The Balaban J connectivity index is 1.44. The van der Waals surface area contributed by atoms with Crippen molar-refractivity contribution in [3.05, 3.63) is 90.0 Å². The van der Waals surface area contributed by atoms with Crippen molar-refractivity contribution in [3.8, 4) is 0 Å². The third-order valence-corrected chi connectivity index (χ3v) is 4.93. The Morgan fingerprint density at radius 3 is 2.03 bits per heavy atom. The molecule has 0 unspecified atom stereocenters. The molecule has 0 fully saturated rings. The van der Waals surface area contributed by atoms with E-state index >= 15 is 0 Å². The Labute approximate surface area is 200 Å². The Bertz CT molecular complexity index is 1110. The predicted molar refractivity (Wildman–Crippen MR) is 136 cm³/mol. The number of aryl methyl sites for hydroxylation is 1. The van der Waals surface area contributed by atoms with Gasteiger partial charge in [0.1, 0.15) is 0 Å². The molecule has 3 rings (SSSR count). The highest BCUT2D eigenvalue weighted by molar-refractivity contribution is 5.96. The first kappa shape index (κ1) is 24.5. The molecule has 0 atom stereocenters. The maximum Gasteiger partial charge on any atom is 0.251 e. The molecule has 176 valence electrons. The van der Waals surface area contributed by atoms with Crippen molar-refractivity contribution in [1.82, 2.24) is 5.32 Å². The lowest BCUT2D eigenvalue weighted by Crippen LogP contribution is -2.30. The van der Waals surface area contributed by atoms with E-state index in [1.54, 1.807) is 48.5 Å². The first-order valence-corrected chi connectivity index (χ1v) is 11.3. The summed E-state index contributed by atoms with van der Waals surface area (Å²) in [6, 6.07) is 23.9. The lowest BCUT2D eigenvalue weighted by Gasteiger charge is -2.11. The van der Waals surface area contributed by atoms with Crippen molar-refractivity contribution >= 4 is 34.8 Å². The number of hydrogen-bond acceptors (Lipinski definition) is 4. The highest BCUT2D eigenvalue weighted by Crippen LogP contribution is 2.15. The monoisotopic (exact) mass is 458 g/mol. The van der Waals surface area contributed by atoms with E-state index in [4.69, 9.17) is 0 Å². The standard InChI is InChI=1S/C27H30N4O3/c1-19(2)29-27(34)21-9-6-10-24(17-21)28-18-26(33)31-23-14-12-22(13-15-23)30-25(32)16-11-20-7-4-3-5-8-20/h3-10,12-15,17,19,28H,11,16,18H2,1-2H3,(H,29,34)(H,30,32)(H,31,33). The molecule has 0 bridgehead atoms. The van der Waals surface area contributed by atoms with Crippen LogP contribution >= 0.6 is 0 Å². The molecule has 0 aliphatic heterocycles. The van der Waals surface area contributed by atoms with E-state index in [2.05, 4.69) is 21.3 Å². The van der Waals surface area contributed by atoms with Gasteiger partial charge in [-0.2, -0.15) is 0 Å². The van der Waals surface area contributed by atoms with E-state index in [1.807, 2.05) is 44.2 Å². The molecule has 0 radical (unpaired) electrons. The third kappa shape index (κ3) is 8.09. The quantitative estimate of drug-likeness (QED) is 0.361. The third-order valence-electron chi connectivity index (χ3n) is 4.93. The summed E-state index contributed by atoms with van der Waals surface area (Å²) in [4.78, 5) is 36.6. The topological polar surface area (TPSA) is 99.3 Å². The second-order valence-electron chi connectivity index (χ2n) is 8.22. The van der Waals surface area contributed by atoms with E-state index in [0.717, 1.165) is 5.56 Å². The largest absolute Gasteiger partial charge is 0.376 e. The minimum Gasteiger partial charge on any atom is -0.376 e. The average molecular weight is 459 g/mol. The van der Waals surface area contributed by atoms with Gasteiger partial charge in [0.2, 0.25) is 11.8 Å². The lowest BCUT2D eigenvalue weighted by atomic mass is 10.1. The minimum absolute atomic E-state index is 0.0453. The number of carbonyl (C=O) groups is 3. The summed E-state index contributed by atoms with van der Waals surface area (Å²) in [7, 11) is 0. The Kier molecular flexibility index (Phi) is 8.80. The van der Waals surface area contributed by atoms with Crippen molar-refractivity contribution in [2.24, 2.45) is 0 Å². The molecule has 0 saturated carbocycles. The molecular formula is C27H30N4O3. The van der Waals surface area contributed by atoms with Gasteiger partial charge in [-0.1, -0.05) is 36.4 Å². The number of hydrogen-bond donors (Lipinski definition) is 4. The summed E-state index contributed by atoms with van der Waals surface area (Å²) in [5.74, 6) is -0.443. The summed E-state index contributed by atoms with van der Waals surface area (Å²) in [6.07, 6.45) is 1.08.